The van der Waals surface area contributed by atoms with Gasteiger partial charge < -0.3 is 9.64 Å². The molecule has 2 bridgehead atoms. The van der Waals surface area contributed by atoms with Crippen LogP contribution < -0.4 is 0 Å². The molecule has 2 fully saturated rings. The van der Waals surface area contributed by atoms with Gasteiger partial charge in [0.15, 0.2) is 0 Å². The number of hydrogen-bond acceptors (Lipinski definition) is 4. The number of hydrogen-bond donors (Lipinski definition) is 1. The Balaban J connectivity index is 1.64. The molecule has 20 heavy (non-hydrogen) atoms. The van der Waals surface area contributed by atoms with Gasteiger partial charge in [0.05, 0.1) is 5.56 Å². The van der Waals surface area contributed by atoms with Gasteiger partial charge in [0.2, 0.25) is 0 Å². The minimum atomic E-state index is -0.192. The lowest BCUT2D eigenvalue weighted by atomic mass is 10.0. The van der Waals surface area contributed by atoms with E-state index in [2.05, 4.69) is 24.6 Å². The van der Waals surface area contributed by atoms with Gasteiger partial charge in [-0.3, -0.25) is 0 Å². The number of benzene rings is 1. The molecule has 1 aromatic rings. The zero-order valence-electron chi connectivity index (χ0n) is 11.8. The third-order valence-corrected chi connectivity index (χ3v) is 5.04. The first kappa shape index (κ1) is 14.0. The van der Waals surface area contributed by atoms with Crippen LogP contribution in [0.4, 0.5) is 0 Å². The van der Waals surface area contributed by atoms with Crippen LogP contribution in [0.5, 0.6) is 0 Å². The summed E-state index contributed by atoms with van der Waals surface area (Å²) >= 11 is 4.24. The highest BCUT2D eigenvalue weighted by atomic mass is 32.1. The molecular formula is C16H21NO2S. The molecule has 0 saturated carbocycles. The Morgan fingerprint density at radius 1 is 1.35 bits per heavy atom. The van der Waals surface area contributed by atoms with E-state index in [1.807, 2.05) is 24.3 Å². The molecule has 2 heterocycles. The van der Waals surface area contributed by atoms with Gasteiger partial charge in [-0.2, -0.15) is 12.6 Å². The lowest BCUT2D eigenvalue weighted by Crippen LogP contribution is -2.43. The molecule has 2 aliphatic heterocycles. The first-order valence-electron chi connectivity index (χ1n) is 7.30. The second kappa shape index (κ2) is 5.78. The molecule has 0 aromatic heterocycles. The Hall–Kier alpha value is -1.00. The first-order valence-corrected chi connectivity index (χ1v) is 7.93. The maximum absolute atomic E-state index is 12.2. The summed E-state index contributed by atoms with van der Waals surface area (Å²) in [6, 6.07) is 8.74. The number of piperidine rings is 1. The average molecular weight is 291 g/mol. The van der Waals surface area contributed by atoms with E-state index in [0.717, 1.165) is 18.4 Å². The van der Waals surface area contributed by atoms with Gasteiger partial charge in [-0.15, -0.1) is 0 Å². The lowest BCUT2D eigenvalue weighted by molar-refractivity contribution is -0.000456. The standard InChI is InChI=1S/C16H21NO2S/c1-17-13-5-6-14(17)9-15(8-13)19-16(18)12-4-2-3-11(7-12)10-20/h2-4,7,13-15,20H,5-6,8-10H2,1H3/t13-,14+,15?. The second-order valence-corrected chi connectivity index (χ2v) is 6.22. The molecular weight excluding hydrogens is 270 g/mol. The van der Waals surface area contributed by atoms with Crippen molar-refractivity contribution in [2.75, 3.05) is 7.05 Å². The van der Waals surface area contributed by atoms with Gasteiger partial charge in [-0.25, -0.2) is 4.79 Å². The van der Waals surface area contributed by atoms with E-state index in [4.69, 9.17) is 4.74 Å². The minimum Gasteiger partial charge on any atom is -0.459 e. The molecule has 108 valence electrons. The number of carbonyl (C=O) groups excluding carboxylic acids is 1. The van der Waals surface area contributed by atoms with Gasteiger partial charge in [-0.1, -0.05) is 12.1 Å². The summed E-state index contributed by atoms with van der Waals surface area (Å²) in [4.78, 5) is 14.7. The van der Waals surface area contributed by atoms with E-state index >= 15 is 0 Å². The molecule has 3 atom stereocenters. The van der Waals surface area contributed by atoms with Crippen LogP contribution in [0.2, 0.25) is 0 Å². The van der Waals surface area contributed by atoms with Crippen LogP contribution in [0.15, 0.2) is 24.3 Å². The topological polar surface area (TPSA) is 29.5 Å². The zero-order chi connectivity index (χ0) is 14.1. The molecule has 3 nitrogen and oxygen atoms in total. The van der Waals surface area contributed by atoms with Crippen molar-refractivity contribution in [2.24, 2.45) is 0 Å². The third-order valence-electron chi connectivity index (χ3n) is 4.67. The monoisotopic (exact) mass is 291 g/mol. The van der Waals surface area contributed by atoms with E-state index in [9.17, 15) is 4.79 Å². The van der Waals surface area contributed by atoms with Crippen molar-refractivity contribution in [1.29, 1.82) is 0 Å². The maximum Gasteiger partial charge on any atom is 0.338 e. The van der Waals surface area contributed by atoms with E-state index in [-0.39, 0.29) is 12.1 Å². The highest BCUT2D eigenvalue weighted by Gasteiger charge is 2.39. The fraction of sp³-hybridized carbons (Fsp3) is 0.562. The molecule has 2 aliphatic rings. The van der Waals surface area contributed by atoms with E-state index in [1.165, 1.54) is 12.8 Å². The molecule has 0 amide bonds. The zero-order valence-corrected chi connectivity index (χ0v) is 12.7. The number of carbonyl (C=O) groups is 1. The summed E-state index contributed by atoms with van der Waals surface area (Å²) in [5.74, 6) is 0.446. The smallest absolute Gasteiger partial charge is 0.338 e. The molecule has 4 heteroatoms. The predicted octanol–water partition coefficient (Wildman–Crippen LogP) is 2.90. The van der Waals surface area contributed by atoms with Gasteiger partial charge in [0.1, 0.15) is 6.10 Å². The molecule has 0 aliphatic carbocycles. The van der Waals surface area contributed by atoms with Gasteiger partial charge in [0.25, 0.3) is 0 Å². The maximum atomic E-state index is 12.2. The Labute approximate surface area is 125 Å². The largest absolute Gasteiger partial charge is 0.459 e. The number of ether oxygens (including phenoxy) is 1. The van der Waals surface area contributed by atoms with Gasteiger partial charge >= 0.3 is 5.97 Å². The SMILES string of the molecule is CN1[C@@H]2CC[C@H]1CC(OC(=O)c1cccc(CS)c1)C2. The molecule has 1 unspecified atom stereocenters. The molecule has 1 aromatic carbocycles. The Morgan fingerprint density at radius 3 is 2.70 bits per heavy atom. The van der Waals surface area contributed by atoms with Crippen LogP contribution in [-0.4, -0.2) is 36.1 Å². The molecule has 3 rings (SSSR count). The summed E-state index contributed by atoms with van der Waals surface area (Å²) < 4.78 is 5.72. The quantitative estimate of drug-likeness (QED) is 0.686. The van der Waals surface area contributed by atoms with Crippen LogP contribution in [-0.2, 0) is 10.5 Å². The normalized spacial score (nSPS) is 29.4. The first-order chi connectivity index (χ1) is 9.67. The minimum absolute atomic E-state index is 0.0795. The Morgan fingerprint density at radius 2 is 2.05 bits per heavy atom. The van der Waals surface area contributed by atoms with Crippen LogP contribution in [0.1, 0.15) is 41.6 Å². The van der Waals surface area contributed by atoms with Crippen molar-refractivity contribution in [3.63, 3.8) is 0 Å². The molecule has 2 saturated heterocycles. The summed E-state index contributed by atoms with van der Waals surface area (Å²) in [6.45, 7) is 0. The molecule has 0 spiro atoms. The summed E-state index contributed by atoms with van der Waals surface area (Å²) in [5, 5.41) is 0. The molecule has 0 N–H and O–H groups in total. The van der Waals surface area contributed by atoms with E-state index < -0.39 is 0 Å². The number of thiol groups is 1. The fourth-order valence-corrected chi connectivity index (χ4v) is 3.67. The van der Waals surface area contributed by atoms with Crippen molar-refractivity contribution in [3.8, 4) is 0 Å². The average Bonchev–Trinajstić information content (AvgIpc) is 2.69. The lowest BCUT2D eigenvalue weighted by Gasteiger charge is -2.35. The number of rotatable bonds is 3. The summed E-state index contributed by atoms with van der Waals surface area (Å²) in [7, 11) is 2.19. The third kappa shape index (κ3) is 2.72. The van der Waals surface area contributed by atoms with Crippen LogP contribution in [0.25, 0.3) is 0 Å². The van der Waals surface area contributed by atoms with E-state index in [1.54, 1.807) is 0 Å². The number of fused-ring (bicyclic) bond motifs is 2. The fourth-order valence-electron chi connectivity index (χ4n) is 3.47. The van der Waals surface area contributed by atoms with E-state index in [0.29, 0.717) is 23.4 Å². The Bertz CT molecular complexity index is 491. The summed E-state index contributed by atoms with van der Waals surface area (Å²) in [6.07, 6.45) is 4.51. The van der Waals surface area contributed by atoms with Crippen molar-refractivity contribution in [3.05, 3.63) is 35.4 Å². The van der Waals surface area contributed by atoms with Gasteiger partial charge in [0, 0.05) is 30.7 Å². The number of nitrogens with zero attached hydrogens (tertiary/aromatic N) is 1. The van der Waals surface area contributed by atoms with Crippen LogP contribution in [0.3, 0.4) is 0 Å². The van der Waals surface area contributed by atoms with Gasteiger partial charge in [-0.05, 0) is 37.6 Å². The highest BCUT2D eigenvalue weighted by molar-refractivity contribution is 7.79. The number of esters is 1. The highest BCUT2D eigenvalue weighted by Crippen LogP contribution is 2.35. The Kier molecular flexibility index (Phi) is 4.03. The summed E-state index contributed by atoms with van der Waals surface area (Å²) in [5.41, 5.74) is 1.69. The van der Waals surface area contributed by atoms with Crippen molar-refractivity contribution >= 4 is 18.6 Å². The van der Waals surface area contributed by atoms with Crippen LogP contribution >= 0.6 is 12.6 Å². The molecule has 0 radical (unpaired) electrons. The van der Waals surface area contributed by atoms with Crippen molar-refractivity contribution in [1.82, 2.24) is 4.90 Å². The van der Waals surface area contributed by atoms with Crippen molar-refractivity contribution < 1.29 is 9.53 Å². The predicted molar refractivity (Wildman–Crippen MR) is 82.1 cm³/mol. The van der Waals surface area contributed by atoms with Crippen LogP contribution in [0, 0.1) is 0 Å². The second-order valence-electron chi connectivity index (χ2n) is 5.91. The van der Waals surface area contributed by atoms with Crippen molar-refractivity contribution in [2.45, 2.75) is 49.6 Å².